The van der Waals surface area contributed by atoms with Gasteiger partial charge in [-0.2, -0.15) is 0 Å². The van der Waals surface area contributed by atoms with Gasteiger partial charge in [0.25, 0.3) is 0 Å². The zero-order chi connectivity index (χ0) is 12.4. The van der Waals surface area contributed by atoms with E-state index in [0.717, 1.165) is 26.2 Å². The molecular weight excluding hydrogens is 202 g/mol. The first-order valence-electron chi connectivity index (χ1n) is 6.41. The van der Waals surface area contributed by atoms with Crippen LogP contribution in [0.15, 0.2) is 0 Å². The predicted molar refractivity (Wildman–Crippen MR) is 68.8 cm³/mol. The molecule has 0 aliphatic rings. The highest BCUT2D eigenvalue weighted by Crippen LogP contribution is 2.19. The second-order valence-corrected chi connectivity index (χ2v) is 5.14. The number of nitrogens with one attached hydrogen (secondary N) is 1. The summed E-state index contributed by atoms with van der Waals surface area (Å²) in [6, 6.07) is 0.411. The van der Waals surface area contributed by atoms with Crippen LogP contribution in [0.4, 0.5) is 0 Å². The van der Waals surface area contributed by atoms with Gasteiger partial charge in [-0.15, -0.1) is 0 Å². The van der Waals surface area contributed by atoms with E-state index in [2.05, 4.69) is 33.0 Å². The van der Waals surface area contributed by atoms with Crippen molar-refractivity contribution < 1.29 is 9.47 Å². The summed E-state index contributed by atoms with van der Waals surface area (Å²) in [4.78, 5) is 0. The molecule has 0 heterocycles. The lowest BCUT2D eigenvalue weighted by Gasteiger charge is -2.31. The molecule has 0 spiro atoms. The van der Waals surface area contributed by atoms with Gasteiger partial charge in [0.2, 0.25) is 0 Å². The van der Waals surface area contributed by atoms with E-state index in [9.17, 15) is 0 Å². The van der Waals surface area contributed by atoms with Crippen LogP contribution in [0.2, 0.25) is 0 Å². The maximum absolute atomic E-state index is 5.63. The van der Waals surface area contributed by atoms with E-state index < -0.39 is 0 Å². The SMILES string of the molecule is CCCNC(COCCOCC)C(C)(C)C. The van der Waals surface area contributed by atoms with Crippen molar-refractivity contribution in [1.29, 1.82) is 0 Å². The molecule has 1 unspecified atom stereocenters. The van der Waals surface area contributed by atoms with Crippen LogP contribution in [-0.2, 0) is 9.47 Å². The van der Waals surface area contributed by atoms with Gasteiger partial charge in [0.15, 0.2) is 0 Å². The van der Waals surface area contributed by atoms with E-state index in [1.807, 2.05) is 6.92 Å². The molecule has 0 rings (SSSR count). The van der Waals surface area contributed by atoms with Gasteiger partial charge in [0.05, 0.1) is 19.8 Å². The summed E-state index contributed by atoms with van der Waals surface area (Å²) in [6.45, 7) is 14.9. The van der Waals surface area contributed by atoms with Gasteiger partial charge in [0.1, 0.15) is 0 Å². The zero-order valence-electron chi connectivity index (χ0n) is 11.6. The van der Waals surface area contributed by atoms with Gasteiger partial charge >= 0.3 is 0 Å². The smallest absolute Gasteiger partial charge is 0.0701 e. The molecule has 0 aliphatic carbocycles. The molecular formula is C13H29NO2. The van der Waals surface area contributed by atoms with E-state index in [1.165, 1.54) is 0 Å². The molecule has 3 nitrogen and oxygen atoms in total. The summed E-state index contributed by atoms with van der Waals surface area (Å²) in [5.74, 6) is 0. The first kappa shape index (κ1) is 15.9. The molecule has 0 radical (unpaired) electrons. The average Bonchev–Trinajstić information content (AvgIpc) is 2.20. The fourth-order valence-corrected chi connectivity index (χ4v) is 1.40. The summed E-state index contributed by atoms with van der Waals surface area (Å²) < 4.78 is 10.9. The first-order valence-corrected chi connectivity index (χ1v) is 6.41. The summed E-state index contributed by atoms with van der Waals surface area (Å²) >= 11 is 0. The third kappa shape index (κ3) is 8.08. The van der Waals surface area contributed by atoms with Gasteiger partial charge < -0.3 is 14.8 Å². The van der Waals surface area contributed by atoms with Crippen LogP contribution in [-0.4, -0.2) is 39.0 Å². The van der Waals surface area contributed by atoms with Crippen molar-refractivity contribution in [2.45, 2.75) is 47.1 Å². The largest absolute Gasteiger partial charge is 0.379 e. The molecule has 16 heavy (non-hydrogen) atoms. The fourth-order valence-electron chi connectivity index (χ4n) is 1.40. The Labute approximate surface area is 101 Å². The van der Waals surface area contributed by atoms with Crippen LogP contribution in [0.5, 0.6) is 0 Å². The molecule has 0 aromatic rings. The molecule has 0 saturated carbocycles. The van der Waals surface area contributed by atoms with Gasteiger partial charge in [-0.25, -0.2) is 0 Å². The Morgan fingerprint density at radius 2 is 1.69 bits per heavy atom. The standard InChI is InChI=1S/C13H29NO2/c1-6-8-14-12(13(3,4)5)11-16-10-9-15-7-2/h12,14H,6-11H2,1-5H3. The summed E-state index contributed by atoms with van der Waals surface area (Å²) in [5.41, 5.74) is 0.237. The third-order valence-corrected chi connectivity index (χ3v) is 2.55. The second-order valence-electron chi connectivity index (χ2n) is 5.14. The van der Waals surface area contributed by atoms with E-state index in [1.54, 1.807) is 0 Å². The highest BCUT2D eigenvalue weighted by Gasteiger charge is 2.23. The van der Waals surface area contributed by atoms with Crippen molar-refractivity contribution in [2.75, 3.05) is 33.0 Å². The highest BCUT2D eigenvalue weighted by atomic mass is 16.5. The number of hydrogen-bond donors (Lipinski definition) is 1. The molecule has 3 heteroatoms. The first-order chi connectivity index (χ1) is 7.52. The van der Waals surface area contributed by atoms with Crippen molar-refractivity contribution in [3.8, 4) is 0 Å². The van der Waals surface area contributed by atoms with Crippen molar-refractivity contribution in [3.63, 3.8) is 0 Å². The van der Waals surface area contributed by atoms with Crippen molar-refractivity contribution in [3.05, 3.63) is 0 Å². The minimum Gasteiger partial charge on any atom is -0.379 e. The van der Waals surface area contributed by atoms with Gasteiger partial charge in [-0.3, -0.25) is 0 Å². The minimum atomic E-state index is 0.237. The lowest BCUT2D eigenvalue weighted by molar-refractivity contribution is 0.0281. The highest BCUT2D eigenvalue weighted by molar-refractivity contribution is 4.79. The number of rotatable bonds is 9. The molecule has 1 atom stereocenters. The van der Waals surface area contributed by atoms with Crippen LogP contribution < -0.4 is 5.32 Å². The van der Waals surface area contributed by atoms with E-state index >= 15 is 0 Å². The Balaban J connectivity index is 3.75. The van der Waals surface area contributed by atoms with E-state index in [4.69, 9.17) is 9.47 Å². The van der Waals surface area contributed by atoms with Crippen LogP contribution in [0.25, 0.3) is 0 Å². The second kappa shape index (κ2) is 8.97. The Morgan fingerprint density at radius 1 is 1.06 bits per heavy atom. The lowest BCUT2D eigenvalue weighted by atomic mass is 9.87. The molecule has 0 amide bonds. The quantitative estimate of drug-likeness (QED) is 0.618. The van der Waals surface area contributed by atoms with Gasteiger partial charge in [-0.1, -0.05) is 27.7 Å². The molecule has 0 aromatic carbocycles. The van der Waals surface area contributed by atoms with Crippen molar-refractivity contribution in [1.82, 2.24) is 5.32 Å². The Hall–Kier alpha value is -0.120. The number of ether oxygens (including phenoxy) is 2. The normalized spacial score (nSPS) is 14.1. The van der Waals surface area contributed by atoms with Crippen LogP contribution in [0, 0.1) is 5.41 Å². The maximum atomic E-state index is 5.63. The van der Waals surface area contributed by atoms with Crippen molar-refractivity contribution in [2.24, 2.45) is 5.41 Å². The van der Waals surface area contributed by atoms with Crippen molar-refractivity contribution >= 4 is 0 Å². The third-order valence-electron chi connectivity index (χ3n) is 2.55. The average molecular weight is 231 g/mol. The molecule has 0 saturated heterocycles. The van der Waals surface area contributed by atoms with E-state index in [0.29, 0.717) is 19.3 Å². The van der Waals surface area contributed by atoms with Gasteiger partial charge in [0, 0.05) is 12.6 Å². The molecule has 0 fully saturated rings. The lowest BCUT2D eigenvalue weighted by Crippen LogP contribution is -2.44. The summed E-state index contributed by atoms with van der Waals surface area (Å²) in [6.07, 6.45) is 1.16. The minimum absolute atomic E-state index is 0.237. The zero-order valence-corrected chi connectivity index (χ0v) is 11.6. The van der Waals surface area contributed by atoms with E-state index in [-0.39, 0.29) is 5.41 Å². The van der Waals surface area contributed by atoms with Crippen LogP contribution in [0.1, 0.15) is 41.0 Å². The molecule has 0 bridgehead atoms. The maximum Gasteiger partial charge on any atom is 0.0701 e. The van der Waals surface area contributed by atoms with Gasteiger partial charge in [-0.05, 0) is 25.3 Å². The summed E-state index contributed by atoms with van der Waals surface area (Å²) in [5, 5.41) is 3.53. The topological polar surface area (TPSA) is 30.5 Å². The summed E-state index contributed by atoms with van der Waals surface area (Å²) in [7, 11) is 0. The fraction of sp³-hybridized carbons (Fsp3) is 1.00. The number of hydrogen-bond acceptors (Lipinski definition) is 3. The monoisotopic (exact) mass is 231 g/mol. The molecule has 1 N–H and O–H groups in total. The Bertz CT molecular complexity index is 155. The van der Waals surface area contributed by atoms with Crippen LogP contribution in [0.3, 0.4) is 0 Å². The molecule has 98 valence electrons. The molecule has 0 aromatic heterocycles. The Kier molecular flexibility index (Phi) is 8.90. The Morgan fingerprint density at radius 3 is 2.19 bits per heavy atom. The van der Waals surface area contributed by atoms with Crippen LogP contribution >= 0.6 is 0 Å². The predicted octanol–water partition coefficient (Wildman–Crippen LogP) is 2.45. The molecule has 0 aliphatic heterocycles.